The van der Waals surface area contributed by atoms with E-state index in [2.05, 4.69) is 41.5 Å². The molecule has 19 heteroatoms. The number of hydrogen-bond acceptors (Lipinski definition) is 15. The van der Waals surface area contributed by atoms with Gasteiger partial charge in [0.25, 0.3) is 0 Å². The van der Waals surface area contributed by atoms with E-state index in [9.17, 15) is 43.2 Å². The number of phosphoric ester groups is 2. The van der Waals surface area contributed by atoms with E-state index in [1.54, 1.807) is 0 Å². The summed E-state index contributed by atoms with van der Waals surface area (Å²) in [7, 11) is -9.92. The van der Waals surface area contributed by atoms with Gasteiger partial charge in [-0.3, -0.25) is 37.3 Å². The van der Waals surface area contributed by atoms with Crippen molar-refractivity contribution in [3.8, 4) is 0 Å². The predicted octanol–water partition coefficient (Wildman–Crippen LogP) is 24.7. The fraction of sp³-hybridized carbons (Fsp3) is 0.951. The van der Waals surface area contributed by atoms with Crippen LogP contribution < -0.4 is 0 Å². The van der Waals surface area contributed by atoms with Gasteiger partial charge in [-0.1, -0.05) is 382 Å². The van der Waals surface area contributed by atoms with Gasteiger partial charge in [-0.15, -0.1) is 0 Å². The molecule has 0 amide bonds. The lowest BCUT2D eigenvalue weighted by atomic mass is 9.99. The fourth-order valence-corrected chi connectivity index (χ4v) is 14.3. The van der Waals surface area contributed by atoms with Crippen molar-refractivity contribution >= 4 is 39.5 Å². The molecular formula is C82H160O17P2. The van der Waals surface area contributed by atoms with Gasteiger partial charge >= 0.3 is 39.5 Å². The van der Waals surface area contributed by atoms with E-state index in [1.165, 1.54) is 244 Å². The zero-order valence-electron chi connectivity index (χ0n) is 66.2. The van der Waals surface area contributed by atoms with E-state index in [1.807, 2.05) is 0 Å². The van der Waals surface area contributed by atoms with E-state index in [-0.39, 0.29) is 25.7 Å². The predicted molar refractivity (Wildman–Crippen MR) is 414 cm³/mol. The second-order valence-corrected chi connectivity index (χ2v) is 33.1. The van der Waals surface area contributed by atoms with E-state index in [0.717, 1.165) is 108 Å². The van der Waals surface area contributed by atoms with Crippen LogP contribution >= 0.6 is 15.6 Å². The number of aliphatic hydroxyl groups excluding tert-OH is 1. The minimum atomic E-state index is -4.96. The Balaban J connectivity index is 5.20. The van der Waals surface area contributed by atoms with Gasteiger partial charge in [0.15, 0.2) is 12.2 Å². The molecule has 0 spiro atoms. The van der Waals surface area contributed by atoms with Crippen molar-refractivity contribution in [2.24, 2.45) is 11.8 Å². The van der Waals surface area contributed by atoms with Crippen LogP contribution in [0.4, 0.5) is 0 Å². The Labute approximate surface area is 619 Å². The van der Waals surface area contributed by atoms with Crippen molar-refractivity contribution in [2.45, 2.75) is 452 Å². The average Bonchev–Trinajstić information content (AvgIpc) is 0.976. The Hall–Kier alpha value is -1.94. The Morgan fingerprint density at radius 3 is 0.752 bits per heavy atom. The number of rotatable bonds is 81. The second kappa shape index (κ2) is 73.6. The van der Waals surface area contributed by atoms with Gasteiger partial charge in [0.1, 0.15) is 19.3 Å². The normalized spacial score (nSPS) is 14.2. The van der Waals surface area contributed by atoms with E-state index in [0.29, 0.717) is 25.7 Å². The van der Waals surface area contributed by atoms with E-state index in [4.69, 9.17) is 37.0 Å². The summed E-state index contributed by atoms with van der Waals surface area (Å²) in [6.07, 6.45) is 63.8. The van der Waals surface area contributed by atoms with Gasteiger partial charge in [0.05, 0.1) is 26.4 Å². The zero-order chi connectivity index (χ0) is 74.2. The number of aliphatic hydroxyl groups is 1. The van der Waals surface area contributed by atoms with Crippen molar-refractivity contribution in [3.05, 3.63) is 0 Å². The third-order valence-electron chi connectivity index (χ3n) is 19.6. The molecule has 600 valence electrons. The lowest BCUT2D eigenvalue weighted by molar-refractivity contribution is -0.161. The van der Waals surface area contributed by atoms with Gasteiger partial charge < -0.3 is 33.8 Å². The molecule has 0 rings (SSSR count). The third-order valence-corrected chi connectivity index (χ3v) is 21.5. The molecule has 17 nitrogen and oxygen atoms in total. The number of ether oxygens (including phenoxy) is 4. The number of unbranched alkanes of at least 4 members (excludes halogenated alkanes) is 50. The summed E-state index contributed by atoms with van der Waals surface area (Å²) in [5, 5.41) is 10.6. The van der Waals surface area contributed by atoms with E-state index >= 15 is 0 Å². The smallest absolute Gasteiger partial charge is 0.462 e. The topological polar surface area (TPSA) is 237 Å². The molecule has 0 bridgehead atoms. The molecule has 101 heavy (non-hydrogen) atoms. The first-order valence-electron chi connectivity index (χ1n) is 42.5. The van der Waals surface area contributed by atoms with Crippen LogP contribution in [-0.2, 0) is 65.4 Å². The number of carbonyl (C=O) groups is 4. The SMILES string of the molecule is CCCCCCCCCCCCCCCCCCCC(=O)O[C@H](COC(=O)CCCCCCCCCC)COP(=O)(O)OC[C@H](O)COP(=O)(O)OC[C@@H](COC(=O)CCCCCCCCCCCCCCCCC(C)CC)OC(=O)CCCCCCCCCCCCCCCCCC(C)C. The molecule has 0 aromatic heterocycles. The molecule has 0 aliphatic heterocycles. The van der Waals surface area contributed by atoms with Crippen LogP contribution in [0.25, 0.3) is 0 Å². The molecular weight excluding hydrogens is 1320 g/mol. The second-order valence-electron chi connectivity index (χ2n) is 30.2. The van der Waals surface area contributed by atoms with Gasteiger partial charge in [-0.25, -0.2) is 9.13 Å². The van der Waals surface area contributed by atoms with Crippen LogP contribution in [0.1, 0.15) is 433 Å². The summed E-state index contributed by atoms with van der Waals surface area (Å²) in [4.78, 5) is 73.0. The van der Waals surface area contributed by atoms with Gasteiger partial charge in [-0.05, 0) is 37.5 Å². The third kappa shape index (κ3) is 74.7. The minimum Gasteiger partial charge on any atom is -0.462 e. The molecule has 6 atom stereocenters. The first-order chi connectivity index (χ1) is 48.9. The van der Waals surface area contributed by atoms with Gasteiger partial charge in [-0.2, -0.15) is 0 Å². The number of carbonyl (C=O) groups excluding carboxylic acids is 4. The highest BCUT2D eigenvalue weighted by molar-refractivity contribution is 7.47. The standard InChI is InChI=1S/C82H160O17P2/c1-7-10-12-14-16-18-19-20-21-22-25-32-37-42-48-54-60-66-81(86)98-77(70-92-79(84)64-58-52-46-17-15-13-11-8-2)72-96-100(88,89)94-68-76(83)69-95-101(90,91)97-73-78(99-82(87)67-61-55-49-43-38-33-26-23-24-29-34-39-44-50-56-62-74(4)5)71-93-80(85)65-59-53-47-41-36-31-28-27-30-35-40-45-51-57-63-75(6)9-3/h74-78,83H,7-73H2,1-6H3,(H,88,89)(H,90,91)/t75?,76-,77+,78+/m0/s1. The van der Waals surface area contributed by atoms with Crippen LogP contribution in [-0.4, -0.2) is 96.7 Å². The Morgan fingerprint density at radius 1 is 0.287 bits per heavy atom. The van der Waals surface area contributed by atoms with Crippen molar-refractivity contribution < 1.29 is 80.2 Å². The minimum absolute atomic E-state index is 0.108. The maximum atomic E-state index is 13.1. The number of hydrogen-bond donors (Lipinski definition) is 3. The summed E-state index contributed by atoms with van der Waals surface area (Å²) in [5.41, 5.74) is 0. The molecule has 0 aromatic rings. The summed E-state index contributed by atoms with van der Waals surface area (Å²) >= 11 is 0. The fourth-order valence-electron chi connectivity index (χ4n) is 12.7. The summed E-state index contributed by atoms with van der Waals surface area (Å²) < 4.78 is 68.7. The van der Waals surface area contributed by atoms with Crippen LogP contribution in [0.2, 0.25) is 0 Å². The maximum Gasteiger partial charge on any atom is 0.472 e. The summed E-state index contributed by atoms with van der Waals surface area (Å²) in [6, 6.07) is 0. The van der Waals surface area contributed by atoms with Crippen molar-refractivity contribution in [3.63, 3.8) is 0 Å². The molecule has 0 aliphatic carbocycles. The molecule has 0 heterocycles. The largest absolute Gasteiger partial charge is 0.472 e. The van der Waals surface area contributed by atoms with Crippen LogP contribution in [0.3, 0.4) is 0 Å². The van der Waals surface area contributed by atoms with Crippen molar-refractivity contribution in [1.29, 1.82) is 0 Å². The summed E-state index contributed by atoms with van der Waals surface area (Å²) in [5.74, 6) is -0.456. The molecule has 0 aliphatic rings. The number of phosphoric acid groups is 2. The molecule has 0 radical (unpaired) electrons. The maximum absolute atomic E-state index is 13.1. The first kappa shape index (κ1) is 99.1. The lowest BCUT2D eigenvalue weighted by Crippen LogP contribution is -2.30. The van der Waals surface area contributed by atoms with Gasteiger partial charge in [0.2, 0.25) is 0 Å². The Morgan fingerprint density at radius 2 is 0.505 bits per heavy atom. The van der Waals surface area contributed by atoms with Crippen molar-refractivity contribution in [2.75, 3.05) is 39.6 Å². The monoisotopic (exact) mass is 1480 g/mol. The highest BCUT2D eigenvalue weighted by atomic mass is 31.2. The molecule has 0 saturated heterocycles. The molecule has 0 aromatic carbocycles. The highest BCUT2D eigenvalue weighted by Gasteiger charge is 2.30. The van der Waals surface area contributed by atoms with E-state index < -0.39 is 97.5 Å². The van der Waals surface area contributed by atoms with Crippen molar-refractivity contribution in [1.82, 2.24) is 0 Å². The molecule has 0 fully saturated rings. The lowest BCUT2D eigenvalue weighted by Gasteiger charge is -2.21. The Bertz CT molecular complexity index is 1940. The molecule has 3 unspecified atom stereocenters. The zero-order valence-corrected chi connectivity index (χ0v) is 68.0. The average molecular weight is 1480 g/mol. The number of esters is 4. The first-order valence-corrected chi connectivity index (χ1v) is 45.5. The Kier molecular flexibility index (Phi) is 72.2. The van der Waals surface area contributed by atoms with Crippen LogP contribution in [0.15, 0.2) is 0 Å². The molecule has 3 N–H and O–H groups in total. The summed E-state index contributed by atoms with van der Waals surface area (Å²) in [6.45, 7) is 9.70. The van der Waals surface area contributed by atoms with Crippen LogP contribution in [0, 0.1) is 11.8 Å². The highest BCUT2D eigenvalue weighted by Crippen LogP contribution is 2.45. The quantitative estimate of drug-likeness (QED) is 0.0222. The van der Waals surface area contributed by atoms with Crippen LogP contribution in [0.5, 0.6) is 0 Å². The van der Waals surface area contributed by atoms with Gasteiger partial charge in [0, 0.05) is 25.7 Å². The molecule has 0 saturated carbocycles.